The Morgan fingerprint density at radius 1 is 0.586 bits per heavy atom. The predicted molar refractivity (Wildman–Crippen MR) is 234 cm³/mol. The third-order valence-corrected chi connectivity index (χ3v) is 9.94. The zero-order valence-electron chi connectivity index (χ0n) is 35.8. The molecule has 0 aromatic heterocycles. The van der Waals surface area contributed by atoms with Gasteiger partial charge in [0.25, 0.3) is 0 Å². The summed E-state index contributed by atoms with van der Waals surface area (Å²) in [4.78, 5) is 35.0. The summed E-state index contributed by atoms with van der Waals surface area (Å²) in [5, 5.41) is 28.6. The minimum absolute atomic E-state index is 0.104. The Labute approximate surface area is 351 Å². The monoisotopic (exact) mass is 839 g/mol. The van der Waals surface area contributed by atoms with Crippen molar-refractivity contribution in [1.29, 1.82) is 0 Å². The van der Waals surface area contributed by atoms with Crippen LogP contribution in [-0.4, -0.2) is 76.9 Å². The first kappa shape index (κ1) is 55.4. The minimum Gasteiger partial charge on any atom is -0.462 e. The lowest BCUT2D eigenvalue weighted by molar-refractivity contribution is -0.161. The summed E-state index contributed by atoms with van der Waals surface area (Å²) in [6.07, 6.45) is 43.4. The number of esters is 2. The molecule has 0 heterocycles. The quantitative estimate of drug-likeness (QED) is 0.0152. The number of carbonyl (C=O) groups is 2. The summed E-state index contributed by atoms with van der Waals surface area (Å²) in [6.45, 7) is 1.99. The summed E-state index contributed by atoms with van der Waals surface area (Å²) in [7, 11) is -4.68. The molecule has 0 aliphatic carbocycles. The van der Waals surface area contributed by atoms with Gasteiger partial charge in [-0.1, -0.05) is 177 Å². The minimum atomic E-state index is -4.68. The number of hydrogen-bond acceptors (Lipinski definition) is 10. The standard InChI is InChI=1S/C46H79O11P/c1-3-5-7-9-11-13-15-17-19-21-22-24-26-28-30-32-34-42(48)36-37-45(50)54-40-44(41-56-58(52,53)55-39-43(49)38-47)57-46(51)35-33-31-29-27-25-23-20-18-16-14-12-10-8-6-4-2/h5,7,11,13,17,19,22,24,28,30,32,34,42-44,47-49H,3-4,6,8-10,12,14-16,18,20-21,23,25-27,29,31,33,35-41H2,1-2H3,(H,52,53)/b7-5-,13-11-,19-17-,24-22-,30-28-,34-32-/t42?,43-,44+/m0/s1. The molecule has 334 valence electrons. The fourth-order valence-corrected chi connectivity index (χ4v) is 6.36. The van der Waals surface area contributed by atoms with Crippen LogP contribution >= 0.6 is 7.82 Å². The Bertz CT molecular complexity index is 1210. The number of aliphatic hydroxyl groups excluding tert-OH is 3. The van der Waals surface area contributed by atoms with Crippen LogP contribution in [0.3, 0.4) is 0 Å². The average molecular weight is 839 g/mol. The van der Waals surface area contributed by atoms with Crippen LogP contribution in [0.15, 0.2) is 72.9 Å². The number of hydrogen-bond donors (Lipinski definition) is 4. The van der Waals surface area contributed by atoms with Gasteiger partial charge in [-0.05, 0) is 44.9 Å². The van der Waals surface area contributed by atoms with Crippen molar-refractivity contribution in [1.82, 2.24) is 0 Å². The van der Waals surface area contributed by atoms with E-state index < -0.39 is 64.5 Å². The van der Waals surface area contributed by atoms with Crippen molar-refractivity contribution >= 4 is 19.8 Å². The van der Waals surface area contributed by atoms with Gasteiger partial charge in [0.2, 0.25) is 0 Å². The molecule has 0 saturated heterocycles. The van der Waals surface area contributed by atoms with E-state index in [0.717, 1.165) is 51.4 Å². The first-order chi connectivity index (χ1) is 28.1. The van der Waals surface area contributed by atoms with Gasteiger partial charge in [0.15, 0.2) is 6.10 Å². The van der Waals surface area contributed by atoms with E-state index in [2.05, 4.69) is 67.0 Å². The second-order valence-electron chi connectivity index (χ2n) is 14.5. The van der Waals surface area contributed by atoms with Crippen LogP contribution in [0.25, 0.3) is 0 Å². The van der Waals surface area contributed by atoms with Crippen LogP contribution < -0.4 is 0 Å². The van der Waals surface area contributed by atoms with Crippen molar-refractivity contribution in [3.63, 3.8) is 0 Å². The number of allylic oxidation sites excluding steroid dienone is 11. The van der Waals surface area contributed by atoms with E-state index in [1.54, 1.807) is 12.2 Å². The first-order valence-electron chi connectivity index (χ1n) is 22.0. The summed E-state index contributed by atoms with van der Waals surface area (Å²) in [5.74, 6) is -1.21. The van der Waals surface area contributed by atoms with Crippen LogP contribution in [0.1, 0.15) is 162 Å². The van der Waals surface area contributed by atoms with Crippen LogP contribution in [0.2, 0.25) is 0 Å². The highest BCUT2D eigenvalue weighted by atomic mass is 31.2. The van der Waals surface area contributed by atoms with Gasteiger partial charge in [0.05, 0.1) is 25.9 Å². The van der Waals surface area contributed by atoms with E-state index >= 15 is 0 Å². The van der Waals surface area contributed by atoms with E-state index in [9.17, 15) is 29.3 Å². The molecule has 58 heavy (non-hydrogen) atoms. The highest BCUT2D eigenvalue weighted by Crippen LogP contribution is 2.43. The van der Waals surface area contributed by atoms with Crippen LogP contribution in [0.5, 0.6) is 0 Å². The maximum absolute atomic E-state index is 12.6. The molecule has 0 amide bonds. The fraction of sp³-hybridized carbons (Fsp3) is 0.696. The van der Waals surface area contributed by atoms with E-state index in [1.165, 1.54) is 70.6 Å². The van der Waals surface area contributed by atoms with Gasteiger partial charge in [0.1, 0.15) is 12.7 Å². The topological polar surface area (TPSA) is 169 Å². The molecule has 0 spiro atoms. The Hall–Kier alpha value is -2.63. The number of carbonyl (C=O) groups excluding carboxylic acids is 2. The zero-order valence-corrected chi connectivity index (χ0v) is 36.7. The Balaban J connectivity index is 4.52. The van der Waals surface area contributed by atoms with Gasteiger partial charge in [0, 0.05) is 12.8 Å². The van der Waals surface area contributed by atoms with Gasteiger partial charge in [-0.2, -0.15) is 0 Å². The summed E-state index contributed by atoms with van der Waals surface area (Å²) in [6, 6.07) is 0. The van der Waals surface area contributed by atoms with E-state index in [1.807, 2.05) is 12.2 Å². The van der Waals surface area contributed by atoms with Gasteiger partial charge in [-0.25, -0.2) is 4.57 Å². The molecule has 0 bridgehead atoms. The van der Waals surface area contributed by atoms with Crippen molar-refractivity contribution < 1.29 is 52.9 Å². The Morgan fingerprint density at radius 2 is 1.07 bits per heavy atom. The molecule has 0 fully saturated rings. The molecule has 0 aromatic carbocycles. The normalized spacial score (nSPS) is 15.1. The second-order valence-corrected chi connectivity index (χ2v) is 16.0. The number of phosphoric acid groups is 1. The number of phosphoric ester groups is 1. The maximum Gasteiger partial charge on any atom is 0.472 e. The third kappa shape index (κ3) is 40.2. The van der Waals surface area contributed by atoms with E-state index in [-0.39, 0.29) is 19.3 Å². The smallest absolute Gasteiger partial charge is 0.462 e. The zero-order chi connectivity index (χ0) is 42.8. The largest absolute Gasteiger partial charge is 0.472 e. The third-order valence-electron chi connectivity index (χ3n) is 8.99. The molecule has 0 rings (SSSR count). The lowest BCUT2D eigenvalue weighted by Crippen LogP contribution is -2.30. The highest BCUT2D eigenvalue weighted by Gasteiger charge is 2.27. The van der Waals surface area contributed by atoms with E-state index in [0.29, 0.717) is 6.42 Å². The lowest BCUT2D eigenvalue weighted by atomic mass is 10.0. The Morgan fingerprint density at radius 3 is 1.59 bits per heavy atom. The van der Waals surface area contributed by atoms with Crippen LogP contribution in [-0.2, 0) is 32.7 Å². The second kappa shape index (κ2) is 41.1. The SMILES string of the molecule is CC/C=C\C/C=C\C/C=C\C/C=C\C/C=C\C=C/C(O)CCC(=O)OC[C@H](COP(=O)(O)OC[C@@H](O)CO)OC(=O)CCCCCCCCCCCCCCCCC. The molecule has 0 aromatic rings. The molecule has 12 heteroatoms. The number of ether oxygens (including phenoxy) is 2. The average Bonchev–Trinajstić information content (AvgIpc) is 3.21. The number of aliphatic hydroxyl groups is 3. The van der Waals surface area contributed by atoms with Crippen molar-refractivity contribution in [2.45, 2.75) is 180 Å². The predicted octanol–water partition coefficient (Wildman–Crippen LogP) is 10.6. The van der Waals surface area contributed by atoms with Crippen molar-refractivity contribution in [2.75, 3.05) is 26.4 Å². The fourth-order valence-electron chi connectivity index (χ4n) is 5.57. The molecular formula is C46H79O11P. The van der Waals surface area contributed by atoms with Crippen LogP contribution in [0, 0.1) is 0 Å². The Kier molecular flexibility index (Phi) is 39.3. The van der Waals surface area contributed by atoms with Crippen LogP contribution in [0.4, 0.5) is 0 Å². The maximum atomic E-state index is 12.6. The molecule has 0 aliphatic rings. The summed E-state index contributed by atoms with van der Waals surface area (Å²) in [5.41, 5.74) is 0. The summed E-state index contributed by atoms with van der Waals surface area (Å²) < 4.78 is 32.5. The molecular weight excluding hydrogens is 759 g/mol. The summed E-state index contributed by atoms with van der Waals surface area (Å²) >= 11 is 0. The van der Waals surface area contributed by atoms with Gasteiger partial charge >= 0.3 is 19.8 Å². The van der Waals surface area contributed by atoms with Gasteiger partial charge in [-0.3, -0.25) is 18.6 Å². The van der Waals surface area contributed by atoms with Crippen molar-refractivity contribution in [3.8, 4) is 0 Å². The molecule has 2 unspecified atom stereocenters. The molecule has 4 N–H and O–H groups in total. The molecule has 0 saturated carbocycles. The first-order valence-corrected chi connectivity index (χ1v) is 23.5. The molecule has 0 radical (unpaired) electrons. The molecule has 0 aliphatic heterocycles. The number of rotatable bonds is 40. The lowest BCUT2D eigenvalue weighted by Gasteiger charge is -2.20. The van der Waals surface area contributed by atoms with E-state index in [4.69, 9.17) is 19.1 Å². The highest BCUT2D eigenvalue weighted by molar-refractivity contribution is 7.47. The molecule has 11 nitrogen and oxygen atoms in total. The van der Waals surface area contributed by atoms with Crippen molar-refractivity contribution in [3.05, 3.63) is 72.9 Å². The number of unbranched alkanes of at least 4 members (excludes halogenated alkanes) is 14. The van der Waals surface area contributed by atoms with Gasteiger partial charge in [-0.15, -0.1) is 0 Å². The van der Waals surface area contributed by atoms with Crippen molar-refractivity contribution in [2.24, 2.45) is 0 Å². The molecule has 4 atom stereocenters. The van der Waals surface area contributed by atoms with Gasteiger partial charge < -0.3 is 29.7 Å².